The number of aromatic nitrogens is 1. The maximum Gasteiger partial charge on any atom is 0.233 e. The molecule has 7 heteroatoms. The zero-order valence-electron chi connectivity index (χ0n) is 21.0. The van der Waals surface area contributed by atoms with Crippen LogP contribution in [0.15, 0.2) is 131 Å². The Kier molecular flexibility index (Phi) is 7.21. The molecule has 0 saturated carbocycles. The molecule has 0 bridgehead atoms. The van der Waals surface area contributed by atoms with E-state index in [1.54, 1.807) is 0 Å². The van der Waals surface area contributed by atoms with Crippen LogP contribution >= 0.6 is 22.9 Å². The summed E-state index contributed by atoms with van der Waals surface area (Å²) < 4.78 is 2.16. The van der Waals surface area contributed by atoms with Crippen molar-refractivity contribution < 1.29 is 4.79 Å². The smallest absolute Gasteiger partial charge is 0.233 e. The van der Waals surface area contributed by atoms with Gasteiger partial charge in [0.2, 0.25) is 10.7 Å². The SMILES string of the molecule is O=C1C/C(=N\N=c2/scc(-c3ccc(Cl)cc3)n2Cc2ccccc2)C(c2ccccc2)N1c1ccccc1. The minimum atomic E-state index is -0.317. The van der Waals surface area contributed by atoms with Crippen LogP contribution in [-0.2, 0) is 11.3 Å². The van der Waals surface area contributed by atoms with Gasteiger partial charge in [-0.2, -0.15) is 5.10 Å². The summed E-state index contributed by atoms with van der Waals surface area (Å²) in [5, 5.41) is 12.3. The van der Waals surface area contributed by atoms with E-state index in [-0.39, 0.29) is 18.4 Å². The number of halogens is 1. The Hall–Kier alpha value is -4.26. The number of hydrogen-bond donors (Lipinski definition) is 0. The van der Waals surface area contributed by atoms with E-state index in [9.17, 15) is 4.79 Å². The predicted molar refractivity (Wildman–Crippen MR) is 159 cm³/mol. The Morgan fingerprint density at radius 3 is 2.13 bits per heavy atom. The van der Waals surface area contributed by atoms with Crippen molar-refractivity contribution in [2.45, 2.75) is 19.0 Å². The highest BCUT2D eigenvalue weighted by molar-refractivity contribution is 7.07. The monoisotopic (exact) mass is 548 g/mol. The van der Waals surface area contributed by atoms with E-state index in [0.717, 1.165) is 38.6 Å². The second-order valence-corrected chi connectivity index (χ2v) is 10.5. The molecule has 6 rings (SSSR count). The van der Waals surface area contributed by atoms with Crippen molar-refractivity contribution in [2.24, 2.45) is 10.2 Å². The minimum absolute atomic E-state index is 0.00852. The first-order valence-corrected chi connectivity index (χ1v) is 13.9. The summed E-state index contributed by atoms with van der Waals surface area (Å²) in [7, 11) is 0. The molecule has 0 radical (unpaired) electrons. The normalized spacial score (nSPS) is 16.8. The van der Waals surface area contributed by atoms with E-state index in [1.807, 2.05) is 108 Å². The lowest BCUT2D eigenvalue weighted by Crippen LogP contribution is -2.28. The van der Waals surface area contributed by atoms with E-state index in [4.69, 9.17) is 21.8 Å². The van der Waals surface area contributed by atoms with Gasteiger partial charge in [0, 0.05) is 16.1 Å². The number of anilines is 1. The summed E-state index contributed by atoms with van der Waals surface area (Å²) in [6.45, 7) is 0.642. The third-order valence-electron chi connectivity index (χ3n) is 6.71. The number of thiazole rings is 1. The molecule has 5 aromatic rings. The Bertz CT molecular complexity index is 1680. The van der Waals surface area contributed by atoms with Crippen LogP contribution in [0.3, 0.4) is 0 Å². The van der Waals surface area contributed by atoms with E-state index in [0.29, 0.717) is 11.6 Å². The average Bonchev–Trinajstić information content (AvgIpc) is 3.53. The summed E-state index contributed by atoms with van der Waals surface area (Å²) in [6.07, 6.45) is 0.214. The quantitative estimate of drug-likeness (QED) is 0.205. The molecule has 1 aliphatic heterocycles. The van der Waals surface area contributed by atoms with E-state index < -0.39 is 0 Å². The standard InChI is InChI=1S/C32H25ClN4OS/c33-26-18-16-24(17-19-26)29-22-39-32(36(29)21-23-10-4-1-5-11-23)35-34-28-20-30(38)37(27-14-8-3-9-15-27)31(28)25-12-6-2-7-13-25/h1-19,22,31H,20-21H2/b34-28+,35-32-. The van der Waals surface area contributed by atoms with Gasteiger partial charge in [0.05, 0.1) is 24.4 Å². The fourth-order valence-electron chi connectivity index (χ4n) is 4.86. The topological polar surface area (TPSA) is 50.0 Å². The summed E-state index contributed by atoms with van der Waals surface area (Å²) in [5.41, 5.74) is 5.83. The van der Waals surface area contributed by atoms with Gasteiger partial charge >= 0.3 is 0 Å². The molecule has 0 aliphatic carbocycles. The number of carbonyl (C=O) groups is 1. The first kappa shape index (κ1) is 25.0. The highest BCUT2D eigenvalue weighted by atomic mass is 35.5. The summed E-state index contributed by atoms with van der Waals surface area (Å²) in [6, 6.07) is 37.6. The molecule has 0 spiro atoms. The molecule has 1 unspecified atom stereocenters. The highest BCUT2D eigenvalue weighted by Gasteiger charge is 2.39. The third kappa shape index (κ3) is 5.35. The van der Waals surface area contributed by atoms with E-state index in [1.165, 1.54) is 11.3 Å². The second kappa shape index (κ2) is 11.2. The van der Waals surface area contributed by atoms with Gasteiger partial charge in [-0.25, -0.2) is 0 Å². The van der Waals surface area contributed by atoms with Crippen molar-refractivity contribution in [3.05, 3.63) is 142 Å². The predicted octanol–water partition coefficient (Wildman–Crippen LogP) is 7.35. The average molecular weight is 549 g/mol. The second-order valence-electron chi connectivity index (χ2n) is 9.26. The lowest BCUT2D eigenvalue weighted by atomic mass is 10.0. The molecular weight excluding hydrogens is 524 g/mol. The lowest BCUT2D eigenvalue weighted by molar-refractivity contribution is -0.116. The molecule has 192 valence electrons. The molecule has 1 fully saturated rings. The summed E-state index contributed by atoms with van der Waals surface area (Å²) in [4.78, 5) is 15.9. The fraction of sp³-hybridized carbons (Fsp3) is 0.0938. The van der Waals surface area contributed by atoms with Crippen LogP contribution in [0.25, 0.3) is 11.3 Å². The van der Waals surface area contributed by atoms with E-state index >= 15 is 0 Å². The van der Waals surface area contributed by atoms with Crippen molar-refractivity contribution in [1.82, 2.24) is 4.57 Å². The molecule has 1 atom stereocenters. The molecule has 1 aliphatic rings. The Labute approximate surface area is 236 Å². The van der Waals surface area contributed by atoms with Crippen molar-refractivity contribution >= 4 is 40.2 Å². The van der Waals surface area contributed by atoms with Crippen LogP contribution in [-0.4, -0.2) is 16.2 Å². The van der Waals surface area contributed by atoms with Crippen LogP contribution in [0.5, 0.6) is 0 Å². The van der Waals surface area contributed by atoms with Crippen LogP contribution in [0, 0.1) is 0 Å². The Balaban J connectivity index is 1.45. The molecule has 1 aromatic heterocycles. The molecule has 0 N–H and O–H groups in total. The summed E-state index contributed by atoms with van der Waals surface area (Å²) >= 11 is 7.69. The van der Waals surface area contributed by atoms with Gasteiger partial charge in [0.1, 0.15) is 6.04 Å². The van der Waals surface area contributed by atoms with Crippen molar-refractivity contribution in [1.29, 1.82) is 0 Å². The molecule has 1 saturated heterocycles. The molecule has 4 aromatic carbocycles. The maximum absolute atomic E-state index is 13.3. The number of amides is 1. The first-order valence-electron chi connectivity index (χ1n) is 12.7. The number of nitrogens with zero attached hydrogens (tertiary/aromatic N) is 4. The first-order chi connectivity index (χ1) is 19.2. The molecule has 5 nitrogen and oxygen atoms in total. The molecule has 39 heavy (non-hydrogen) atoms. The minimum Gasteiger partial charge on any atom is -0.311 e. The van der Waals surface area contributed by atoms with Gasteiger partial charge in [0.15, 0.2) is 0 Å². The summed E-state index contributed by atoms with van der Waals surface area (Å²) in [5.74, 6) is 0.00852. The number of rotatable bonds is 6. The largest absolute Gasteiger partial charge is 0.311 e. The van der Waals surface area contributed by atoms with Crippen LogP contribution < -0.4 is 9.70 Å². The van der Waals surface area contributed by atoms with Gasteiger partial charge < -0.3 is 4.57 Å². The van der Waals surface area contributed by atoms with Gasteiger partial charge in [-0.05, 0) is 41.0 Å². The third-order valence-corrected chi connectivity index (χ3v) is 7.82. The van der Waals surface area contributed by atoms with E-state index in [2.05, 4.69) is 22.1 Å². The van der Waals surface area contributed by atoms with Gasteiger partial charge in [0.25, 0.3) is 0 Å². The van der Waals surface area contributed by atoms with Crippen molar-refractivity contribution in [3.63, 3.8) is 0 Å². The number of para-hydroxylation sites is 1. The van der Waals surface area contributed by atoms with Crippen LogP contribution in [0.4, 0.5) is 5.69 Å². The molecule has 2 heterocycles. The highest BCUT2D eigenvalue weighted by Crippen LogP contribution is 2.35. The zero-order valence-corrected chi connectivity index (χ0v) is 22.6. The van der Waals surface area contributed by atoms with Crippen molar-refractivity contribution in [3.8, 4) is 11.3 Å². The van der Waals surface area contributed by atoms with Gasteiger partial charge in [-0.1, -0.05) is 103 Å². The lowest BCUT2D eigenvalue weighted by Gasteiger charge is -2.25. The number of carbonyl (C=O) groups excluding carboxylic acids is 1. The number of hydrogen-bond acceptors (Lipinski definition) is 4. The fourth-order valence-corrected chi connectivity index (χ4v) is 5.85. The Morgan fingerprint density at radius 2 is 1.44 bits per heavy atom. The molecule has 1 amide bonds. The maximum atomic E-state index is 13.3. The van der Waals surface area contributed by atoms with Gasteiger partial charge in [-0.15, -0.1) is 16.4 Å². The zero-order chi connectivity index (χ0) is 26.6. The van der Waals surface area contributed by atoms with Crippen molar-refractivity contribution in [2.75, 3.05) is 4.90 Å². The Morgan fingerprint density at radius 1 is 0.795 bits per heavy atom. The van der Waals surface area contributed by atoms with Crippen LogP contribution in [0.1, 0.15) is 23.6 Å². The van der Waals surface area contributed by atoms with Crippen LogP contribution in [0.2, 0.25) is 5.02 Å². The number of benzene rings is 4. The van der Waals surface area contributed by atoms with Gasteiger partial charge in [-0.3, -0.25) is 9.69 Å². The molecular formula is C32H25ClN4OS.